The summed E-state index contributed by atoms with van der Waals surface area (Å²) in [7, 11) is 0. The Hall–Kier alpha value is -3.32. The van der Waals surface area contributed by atoms with Crippen LogP contribution in [0.5, 0.6) is 11.5 Å². The fourth-order valence-electron chi connectivity index (χ4n) is 3.19. The van der Waals surface area contributed by atoms with E-state index in [1.807, 2.05) is 30.5 Å². The zero-order valence-electron chi connectivity index (χ0n) is 16.5. The maximum absolute atomic E-state index is 12.9. The normalized spacial score (nSPS) is 13.8. The fourth-order valence-corrected chi connectivity index (χ4v) is 3.82. The van der Waals surface area contributed by atoms with Gasteiger partial charge in [-0.15, -0.1) is 0 Å². The van der Waals surface area contributed by atoms with Crippen molar-refractivity contribution >= 4 is 28.8 Å². The Morgan fingerprint density at radius 3 is 2.60 bits per heavy atom. The molecule has 4 rings (SSSR count). The first-order chi connectivity index (χ1) is 14.6. The van der Waals surface area contributed by atoms with Crippen LogP contribution in [0.1, 0.15) is 45.7 Å². The molecule has 0 spiro atoms. The van der Waals surface area contributed by atoms with Gasteiger partial charge >= 0.3 is 0 Å². The van der Waals surface area contributed by atoms with E-state index in [4.69, 9.17) is 9.47 Å². The van der Waals surface area contributed by atoms with Crippen LogP contribution in [-0.4, -0.2) is 25.0 Å². The van der Waals surface area contributed by atoms with Gasteiger partial charge in [-0.3, -0.25) is 9.59 Å². The molecule has 6 nitrogen and oxygen atoms in total. The molecule has 0 aliphatic carbocycles. The van der Waals surface area contributed by atoms with Gasteiger partial charge in [0.1, 0.15) is 0 Å². The molecule has 7 heteroatoms. The van der Waals surface area contributed by atoms with Crippen LogP contribution >= 0.6 is 11.3 Å². The van der Waals surface area contributed by atoms with Crippen molar-refractivity contribution in [1.29, 1.82) is 0 Å². The third kappa shape index (κ3) is 4.46. The van der Waals surface area contributed by atoms with Crippen LogP contribution in [0.4, 0.5) is 5.69 Å². The minimum Gasteiger partial charge on any atom is -0.490 e. The molecule has 154 valence electrons. The average Bonchev–Trinajstić information content (AvgIpc) is 3.19. The van der Waals surface area contributed by atoms with Crippen LogP contribution in [0.2, 0.25) is 0 Å². The number of hydrogen-bond acceptors (Lipinski definition) is 5. The van der Waals surface area contributed by atoms with E-state index >= 15 is 0 Å². The van der Waals surface area contributed by atoms with Crippen LogP contribution in [-0.2, 0) is 0 Å². The van der Waals surface area contributed by atoms with Crippen molar-refractivity contribution in [2.24, 2.45) is 0 Å². The number of fused-ring (bicyclic) bond motifs is 1. The second-order valence-electron chi connectivity index (χ2n) is 6.96. The lowest BCUT2D eigenvalue weighted by Gasteiger charge is -2.18. The highest BCUT2D eigenvalue weighted by Gasteiger charge is 2.18. The van der Waals surface area contributed by atoms with Gasteiger partial charge in [0.15, 0.2) is 11.5 Å². The van der Waals surface area contributed by atoms with E-state index in [1.54, 1.807) is 35.7 Å². The Balaban J connectivity index is 1.49. The molecule has 1 unspecified atom stereocenters. The first-order valence-electron chi connectivity index (χ1n) is 9.75. The smallest absolute Gasteiger partial charge is 0.256 e. The molecule has 2 amide bonds. The van der Waals surface area contributed by atoms with E-state index in [2.05, 4.69) is 10.6 Å². The summed E-state index contributed by atoms with van der Waals surface area (Å²) in [6.45, 7) is 3.14. The molecular formula is C23H22N2O4S. The molecule has 0 fully saturated rings. The van der Waals surface area contributed by atoms with E-state index in [-0.39, 0.29) is 17.9 Å². The Labute approximate surface area is 178 Å². The van der Waals surface area contributed by atoms with E-state index in [9.17, 15) is 9.59 Å². The third-order valence-electron chi connectivity index (χ3n) is 4.82. The van der Waals surface area contributed by atoms with Crippen molar-refractivity contribution in [3.8, 4) is 11.5 Å². The summed E-state index contributed by atoms with van der Waals surface area (Å²) >= 11 is 1.45. The van der Waals surface area contributed by atoms with Gasteiger partial charge in [0, 0.05) is 11.8 Å². The highest BCUT2D eigenvalue weighted by molar-refractivity contribution is 7.08. The van der Waals surface area contributed by atoms with Crippen LogP contribution in [0, 0.1) is 0 Å². The number of ether oxygens (including phenoxy) is 2. The molecule has 2 N–H and O–H groups in total. The summed E-state index contributed by atoms with van der Waals surface area (Å²) in [5.41, 5.74) is 2.35. The van der Waals surface area contributed by atoms with Crippen molar-refractivity contribution in [2.75, 3.05) is 18.5 Å². The maximum Gasteiger partial charge on any atom is 0.256 e. The molecule has 0 saturated carbocycles. The molecule has 2 aromatic carbocycles. The molecule has 0 bridgehead atoms. The Morgan fingerprint density at radius 2 is 1.80 bits per heavy atom. The predicted octanol–water partition coefficient (Wildman–Crippen LogP) is 4.65. The third-order valence-corrected chi connectivity index (χ3v) is 5.51. The summed E-state index contributed by atoms with van der Waals surface area (Å²) in [5.74, 6) is 0.897. The molecule has 0 saturated heterocycles. The molecular weight excluding hydrogens is 400 g/mol. The average molecular weight is 423 g/mol. The van der Waals surface area contributed by atoms with E-state index < -0.39 is 0 Å². The van der Waals surface area contributed by atoms with E-state index in [0.29, 0.717) is 35.8 Å². The fraction of sp³-hybridized carbons (Fsp3) is 0.217. The van der Waals surface area contributed by atoms with Crippen molar-refractivity contribution < 1.29 is 19.1 Å². The molecule has 0 radical (unpaired) electrons. The minimum atomic E-state index is -0.268. The summed E-state index contributed by atoms with van der Waals surface area (Å²) in [6.07, 6.45) is 0.837. The van der Waals surface area contributed by atoms with Gasteiger partial charge in [-0.25, -0.2) is 0 Å². The van der Waals surface area contributed by atoms with Crippen LogP contribution in [0.3, 0.4) is 0 Å². The molecule has 1 aromatic heterocycles. The van der Waals surface area contributed by atoms with Gasteiger partial charge in [-0.1, -0.05) is 18.2 Å². The number of anilines is 1. The molecule has 1 aliphatic heterocycles. The number of thiophene rings is 1. The first kappa shape index (κ1) is 20.0. The zero-order valence-corrected chi connectivity index (χ0v) is 17.3. The van der Waals surface area contributed by atoms with Crippen molar-refractivity contribution in [2.45, 2.75) is 19.4 Å². The maximum atomic E-state index is 12.9. The Kier molecular flexibility index (Phi) is 5.99. The molecule has 3 aromatic rings. The van der Waals surface area contributed by atoms with Crippen LogP contribution < -0.4 is 20.1 Å². The van der Waals surface area contributed by atoms with Crippen molar-refractivity contribution in [3.05, 3.63) is 76.0 Å². The van der Waals surface area contributed by atoms with Gasteiger partial charge in [-0.2, -0.15) is 11.3 Å². The van der Waals surface area contributed by atoms with Crippen molar-refractivity contribution in [3.63, 3.8) is 0 Å². The standard InChI is InChI=1S/C23H22N2O4S/c1-15(16-7-8-20-21(13-16)29-11-4-10-28-20)24-23(27)18-5-2-3-6-19(18)25-22(26)17-9-12-30-14-17/h2-3,5-9,12-15H,4,10-11H2,1H3,(H,24,27)(H,25,26). The number of amides is 2. The van der Waals surface area contributed by atoms with Gasteiger partial charge in [0.05, 0.1) is 36.1 Å². The second-order valence-corrected chi connectivity index (χ2v) is 7.74. The van der Waals surface area contributed by atoms with Crippen LogP contribution in [0.15, 0.2) is 59.3 Å². The number of carbonyl (C=O) groups excluding carboxylic acids is 2. The lowest BCUT2D eigenvalue weighted by Crippen LogP contribution is -2.28. The summed E-state index contributed by atoms with van der Waals surface area (Å²) in [5, 5.41) is 9.43. The summed E-state index contributed by atoms with van der Waals surface area (Å²) < 4.78 is 11.4. The highest BCUT2D eigenvalue weighted by atomic mass is 32.1. The zero-order chi connectivity index (χ0) is 20.9. The number of carbonyl (C=O) groups is 2. The lowest BCUT2D eigenvalue weighted by molar-refractivity contribution is 0.0940. The predicted molar refractivity (Wildman–Crippen MR) is 117 cm³/mol. The number of nitrogens with one attached hydrogen (secondary N) is 2. The number of hydrogen-bond donors (Lipinski definition) is 2. The summed E-state index contributed by atoms with van der Waals surface area (Å²) in [6, 6.07) is 14.1. The minimum absolute atomic E-state index is 0.243. The monoisotopic (exact) mass is 422 g/mol. The largest absolute Gasteiger partial charge is 0.490 e. The highest BCUT2D eigenvalue weighted by Crippen LogP contribution is 2.32. The van der Waals surface area contributed by atoms with Crippen molar-refractivity contribution in [1.82, 2.24) is 5.32 Å². The molecule has 2 heterocycles. The lowest BCUT2D eigenvalue weighted by atomic mass is 10.1. The van der Waals surface area contributed by atoms with E-state index in [0.717, 1.165) is 17.7 Å². The molecule has 1 aliphatic rings. The van der Waals surface area contributed by atoms with E-state index in [1.165, 1.54) is 11.3 Å². The van der Waals surface area contributed by atoms with Gasteiger partial charge < -0.3 is 20.1 Å². The molecule has 1 atom stereocenters. The molecule has 30 heavy (non-hydrogen) atoms. The van der Waals surface area contributed by atoms with Crippen LogP contribution in [0.25, 0.3) is 0 Å². The van der Waals surface area contributed by atoms with Gasteiger partial charge in [-0.05, 0) is 48.2 Å². The summed E-state index contributed by atoms with van der Waals surface area (Å²) in [4.78, 5) is 25.3. The number of para-hydroxylation sites is 1. The van der Waals surface area contributed by atoms with Gasteiger partial charge in [0.2, 0.25) is 0 Å². The number of rotatable bonds is 5. The second kappa shape index (κ2) is 9.00. The SMILES string of the molecule is CC(NC(=O)c1ccccc1NC(=O)c1ccsc1)c1ccc2c(c1)OCCCO2. The van der Waals surface area contributed by atoms with Gasteiger partial charge in [0.25, 0.3) is 11.8 Å². The Bertz CT molecular complexity index is 1050. The first-order valence-corrected chi connectivity index (χ1v) is 10.7. The Morgan fingerprint density at radius 1 is 1.00 bits per heavy atom. The quantitative estimate of drug-likeness (QED) is 0.627. The number of benzene rings is 2. The topological polar surface area (TPSA) is 76.7 Å².